The van der Waals surface area contributed by atoms with Crippen LogP contribution in [0, 0.1) is 0 Å². The number of pyridine rings is 1. The number of nitrogens with one attached hydrogen (secondary N) is 1. The molecule has 1 amide bonds. The second-order valence-corrected chi connectivity index (χ2v) is 9.04. The van der Waals surface area contributed by atoms with Crippen LogP contribution in [0.3, 0.4) is 0 Å². The van der Waals surface area contributed by atoms with Gasteiger partial charge in [0.25, 0.3) is 5.91 Å². The quantitative estimate of drug-likeness (QED) is 0.360. The van der Waals surface area contributed by atoms with Gasteiger partial charge in [0, 0.05) is 33.8 Å². The molecule has 0 saturated carbocycles. The first-order valence-corrected chi connectivity index (χ1v) is 11.8. The molecule has 0 aliphatic carbocycles. The summed E-state index contributed by atoms with van der Waals surface area (Å²) in [7, 11) is 0. The highest BCUT2D eigenvalue weighted by Crippen LogP contribution is 2.25. The van der Waals surface area contributed by atoms with Crippen LogP contribution in [0.15, 0.2) is 78.9 Å². The van der Waals surface area contributed by atoms with Crippen molar-refractivity contribution in [2.75, 3.05) is 18.4 Å². The van der Waals surface area contributed by atoms with Crippen molar-refractivity contribution in [3.8, 4) is 11.3 Å². The topological polar surface area (TPSA) is 45.2 Å². The first kappa shape index (κ1) is 21.6. The second kappa shape index (κ2) is 9.74. The zero-order valence-electron chi connectivity index (χ0n) is 18.4. The van der Waals surface area contributed by atoms with Gasteiger partial charge in [-0.2, -0.15) is 0 Å². The third kappa shape index (κ3) is 5.24. The van der Waals surface area contributed by atoms with Crippen molar-refractivity contribution >= 4 is 34.1 Å². The van der Waals surface area contributed by atoms with Crippen LogP contribution in [0.5, 0.6) is 0 Å². The fourth-order valence-electron chi connectivity index (χ4n) is 4.40. The van der Waals surface area contributed by atoms with Gasteiger partial charge in [-0.25, -0.2) is 4.98 Å². The molecule has 1 fully saturated rings. The van der Waals surface area contributed by atoms with Gasteiger partial charge in [0.2, 0.25) is 0 Å². The Morgan fingerprint density at radius 3 is 2.61 bits per heavy atom. The van der Waals surface area contributed by atoms with Crippen LogP contribution in [0.2, 0.25) is 5.02 Å². The lowest BCUT2D eigenvalue weighted by Crippen LogP contribution is -2.29. The normalized spacial score (nSPS) is 14.3. The summed E-state index contributed by atoms with van der Waals surface area (Å²) in [5, 5.41) is 4.64. The maximum absolute atomic E-state index is 12.6. The van der Waals surface area contributed by atoms with E-state index >= 15 is 0 Å². The van der Waals surface area contributed by atoms with E-state index in [4.69, 9.17) is 16.6 Å². The summed E-state index contributed by atoms with van der Waals surface area (Å²) in [4.78, 5) is 20.0. The summed E-state index contributed by atoms with van der Waals surface area (Å²) in [6.45, 7) is 3.39. The van der Waals surface area contributed by atoms with Gasteiger partial charge in [0.1, 0.15) is 0 Å². The number of benzene rings is 3. The predicted molar refractivity (Wildman–Crippen MR) is 136 cm³/mol. The van der Waals surface area contributed by atoms with Crippen molar-refractivity contribution in [3.63, 3.8) is 0 Å². The maximum atomic E-state index is 12.6. The number of piperidine rings is 1. The summed E-state index contributed by atoms with van der Waals surface area (Å²) >= 11 is 6.01. The van der Waals surface area contributed by atoms with E-state index in [2.05, 4.69) is 34.5 Å². The smallest absolute Gasteiger partial charge is 0.255 e. The molecule has 1 N–H and O–H groups in total. The molecule has 2 heterocycles. The van der Waals surface area contributed by atoms with Crippen LogP contribution in [-0.4, -0.2) is 28.9 Å². The van der Waals surface area contributed by atoms with Gasteiger partial charge in [-0.15, -0.1) is 0 Å². The van der Waals surface area contributed by atoms with Crippen LogP contribution >= 0.6 is 11.6 Å². The summed E-state index contributed by atoms with van der Waals surface area (Å²) in [5.41, 5.74) is 5.39. The van der Waals surface area contributed by atoms with E-state index in [9.17, 15) is 4.79 Å². The molecule has 0 unspecified atom stereocenters. The standard InChI is InChI=1S/C28H26ClN3O/c29-24-8-4-7-23(17-24)28(33)30-25-9-5-6-21(18-25)27-13-11-22-16-20(10-12-26(22)31-27)19-32-14-2-1-3-15-32/h4-13,16-18H,1-3,14-15,19H2,(H,30,33). The molecule has 1 aromatic heterocycles. The van der Waals surface area contributed by atoms with Gasteiger partial charge < -0.3 is 5.32 Å². The summed E-state index contributed by atoms with van der Waals surface area (Å²) < 4.78 is 0. The van der Waals surface area contributed by atoms with E-state index in [1.165, 1.54) is 37.9 Å². The minimum absolute atomic E-state index is 0.192. The SMILES string of the molecule is O=C(Nc1cccc(-c2ccc3cc(CN4CCCCC4)ccc3n2)c1)c1cccc(Cl)c1. The van der Waals surface area contributed by atoms with Crippen molar-refractivity contribution in [2.24, 2.45) is 0 Å². The summed E-state index contributed by atoms with van der Waals surface area (Å²) in [6.07, 6.45) is 3.96. The van der Waals surface area contributed by atoms with Crippen LogP contribution in [0.4, 0.5) is 5.69 Å². The third-order valence-electron chi connectivity index (χ3n) is 6.11. The summed E-state index contributed by atoms with van der Waals surface area (Å²) in [6, 6.07) is 25.4. The molecule has 4 nitrogen and oxygen atoms in total. The Hall–Kier alpha value is -3.21. The number of aromatic nitrogens is 1. The Balaban J connectivity index is 1.34. The number of amides is 1. The number of nitrogens with zero attached hydrogens (tertiary/aromatic N) is 2. The van der Waals surface area contributed by atoms with Crippen LogP contribution in [0.25, 0.3) is 22.2 Å². The number of carbonyl (C=O) groups excluding carboxylic acids is 1. The number of carbonyl (C=O) groups is 1. The van der Waals surface area contributed by atoms with Gasteiger partial charge in [-0.05, 0) is 80.0 Å². The molecule has 1 saturated heterocycles. The predicted octanol–water partition coefficient (Wildman–Crippen LogP) is 6.79. The first-order chi connectivity index (χ1) is 16.1. The van der Waals surface area contributed by atoms with E-state index in [1.807, 2.05) is 30.3 Å². The molecule has 5 rings (SSSR count). The van der Waals surface area contributed by atoms with Crippen molar-refractivity contribution in [2.45, 2.75) is 25.8 Å². The van der Waals surface area contributed by atoms with E-state index in [-0.39, 0.29) is 5.91 Å². The molecule has 3 aromatic carbocycles. The number of fused-ring (bicyclic) bond motifs is 1. The highest BCUT2D eigenvalue weighted by Gasteiger charge is 2.12. The molecule has 33 heavy (non-hydrogen) atoms. The largest absolute Gasteiger partial charge is 0.322 e. The van der Waals surface area contributed by atoms with Gasteiger partial charge in [-0.3, -0.25) is 9.69 Å². The van der Waals surface area contributed by atoms with Crippen molar-refractivity contribution in [1.29, 1.82) is 0 Å². The molecule has 1 aliphatic heterocycles. The van der Waals surface area contributed by atoms with Crippen LogP contribution in [-0.2, 0) is 6.54 Å². The van der Waals surface area contributed by atoms with Gasteiger partial charge in [0.05, 0.1) is 11.2 Å². The Morgan fingerprint density at radius 1 is 0.909 bits per heavy atom. The average molecular weight is 456 g/mol. The highest BCUT2D eigenvalue weighted by molar-refractivity contribution is 6.31. The lowest BCUT2D eigenvalue weighted by atomic mass is 10.1. The monoisotopic (exact) mass is 455 g/mol. The average Bonchev–Trinajstić information content (AvgIpc) is 2.84. The first-order valence-electron chi connectivity index (χ1n) is 11.4. The molecule has 5 heteroatoms. The minimum Gasteiger partial charge on any atom is -0.322 e. The fourth-order valence-corrected chi connectivity index (χ4v) is 4.59. The maximum Gasteiger partial charge on any atom is 0.255 e. The Bertz CT molecular complexity index is 1300. The van der Waals surface area contributed by atoms with E-state index in [1.54, 1.807) is 24.3 Å². The number of halogens is 1. The number of likely N-dealkylation sites (tertiary alicyclic amines) is 1. The Labute approximate surface area is 199 Å². The fraction of sp³-hybridized carbons (Fsp3) is 0.214. The molecule has 1 aliphatic rings. The number of hydrogen-bond donors (Lipinski definition) is 1. The minimum atomic E-state index is -0.192. The number of anilines is 1. The Kier molecular flexibility index (Phi) is 6.38. The summed E-state index contributed by atoms with van der Waals surface area (Å²) in [5.74, 6) is -0.192. The molecule has 0 atom stereocenters. The molecule has 4 aromatic rings. The van der Waals surface area contributed by atoms with Gasteiger partial charge in [-0.1, -0.05) is 48.4 Å². The number of hydrogen-bond acceptors (Lipinski definition) is 3. The van der Waals surface area contributed by atoms with E-state index in [0.717, 1.165) is 34.4 Å². The lowest BCUT2D eigenvalue weighted by molar-refractivity contribution is 0.102. The van der Waals surface area contributed by atoms with Gasteiger partial charge in [0.15, 0.2) is 0 Å². The molecule has 0 spiro atoms. The van der Waals surface area contributed by atoms with Crippen molar-refractivity contribution < 1.29 is 4.79 Å². The van der Waals surface area contributed by atoms with Crippen molar-refractivity contribution in [1.82, 2.24) is 9.88 Å². The zero-order chi connectivity index (χ0) is 22.6. The molecular weight excluding hydrogens is 430 g/mol. The van der Waals surface area contributed by atoms with E-state index in [0.29, 0.717) is 10.6 Å². The zero-order valence-corrected chi connectivity index (χ0v) is 19.2. The lowest BCUT2D eigenvalue weighted by Gasteiger charge is -2.26. The third-order valence-corrected chi connectivity index (χ3v) is 6.35. The molecule has 166 valence electrons. The van der Waals surface area contributed by atoms with E-state index < -0.39 is 0 Å². The number of rotatable bonds is 5. The highest BCUT2D eigenvalue weighted by atomic mass is 35.5. The molecular formula is C28H26ClN3O. The van der Waals surface area contributed by atoms with Crippen molar-refractivity contribution in [3.05, 3.63) is 95.0 Å². The molecule has 0 bridgehead atoms. The van der Waals surface area contributed by atoms with Gasteiger partial charge >= 0.3 is 0 Å². The second-order valence-electron chi connectivity index (χ2n) is 8.61. The Morgan fingerprint density at radius 2 is 1.76 bits per heavy atom. The molecule has 0 radical (unpaired) electrons. The van der Waals surface area contributed by atoms with Crippen LogP contribution < -0.4 is 5.32 Å². The van der Waals surface area contributed by atoms with Crippen LogP contribution in [0.1, 0.15) is 35.2 Å².